The van der Waals surface area contributed by atoms with Gasteiger partial charge < -0.3 is 16.0 Å². The van der Waals surface area contributed by atoms with E-state index in [1.54, 1.807) is 12.1 Å². The Morgan fingerprint density at radius 1 is 1.18 bits per heavy atom. The van der Waals surface area contributed by atoms with Gasteiger partial charge in [-0.25, -0.2) is 0 Å². The van der Waals surface area contributed by atoms with Gasteiger partial charge in [-0.05, 0) is 36.7 Å². The largest absolute Gasteiger partial charge is 0.399 e. The molecule has 22 heavy (non-hydrogen) atoms. The number of carbonyl (C=O) groups excluding carboxylic acids is 1. The van der Waals surface area contributed by atoms with Crippen molar-refractivity contribution >= 4 is 17.3 Å². The molecule has 1 atom stereocenters. The average Bonchev–Trinajstić information content (AvgIpc) is 2.50. The third-order valence-electron chi connectivity index (χ3n) is 4.33. The number of nitrogens with one attached hydrogen (secondary N) is 1. The van der Waals surface area contributed by atoms with Gasteiger partial charge in [0, 0.05) is 37.6 Å². The third-order valence-corrected chi connectivity index (χ3v) is 4.33. The molecule has 1 saturated heterocycles. The van der Waals surface area contributed by atoms with Gasteiger partial charge in [0.2, 0.25) is 5.91 Å². The van der Waals surface area contributed by atoms with Gasteiger partial charge in [-0.1, -0.05) is 20.8 Å². The summed E-state index contributed by atoms with van der Waals surface area (Å²) in [5, 5.41) is 3.02. The van der Waals surface area contributed by atoms with Crippen LogP contribution < -0.4 is 11.1 Å². The van der Waals surface area contributed by atoms with Gasteiger partial charge in [0.1, 0.15) is 0 Å². The molecule has 1 aromatic rings. The SMILES string of the molecule is CCN1CCN(C(C(=O)Nc2ccc(N)cc2)C(C)C)CC1. The summed E-state index contributed by atoms with van der Waals surface area (Å²) >= 11 is 0. The number of likely N-dealkylation sites (N-methyl/N-ethyl adjacent to an activating group) is 1. The van der Waals surface area contributed by atoms with Gasteiger partial charge in [-0.15, -0.1) is 0 Å². The number of piperazine rings is 1. The first kappa shape index (κ1) is 16.8. The molecule has 3 N–H and O–H groups in total. The first-order chi connectivity index (χ1) is 10.5. The molecule has 5 nitrogen and oxygen atoms in total. The van der Waals surface area contributed by atoms with Crippen molar-refractivity contribution in [1.82, 2.24) is 9.80 Å². The van der Waals surface area contributed by atoms with Crippen molar-refractivity contribution in [3.8, 4) is 0 Å². The Morgan fingerprint density at radius 3 is 2.27 bits per heavy atom. The van der Waals surface area contributed by atoms with E-state index in [2.05, 4.69) is 35.9 Å². The molecule has 0 radical (unpaired) electrons. The standard InChI is InChI=1S/C17H28N4O/c1-4-20-9-11-21(12-10-20)16(13(2)3)17(22)19-15-7-5-14(18)6-8-15/h5-8,13,16H,4,9-12,18H2,1-3H3,(H,19,22). The molecular weight excluding hydrogens is 276 g/mol. The zero-order valence-corrected chi connectivity index (χ0v) is 13.9. The number of rotatable bonds is 5. The van der Waals surface area contributed by atoms with E-state index in [0.29, 0.717) is 5.69 Å². The summed E-state index contributed by atoms with van der Waals surface area (Å²) in [4.78, 5) is 17.4. The number of nitrogens with zero attached hydrogens (tertiary/aromatic N) is 2. The van der Waals surface area contributed by atoms with E-state index in [-0.39, 0.29) is 17.9 Å². The molecule has 1 amide bonds. The number of nitrogen functional groups attached to an aromatic ring is 1. The van der Waals surface area contributed by atoms with Crippen LogP contribution in [0, 0.1) is 5.92 Å². The van der Waals surface area contributed by atoms with Crippen molar-refractivity contribution in [1.29, 1.82) is 0 Å². The van der Waals surface area contributed by atoms with Crippen molar-refractivity contribution < 1.29 is 4.79 Å². The molecule has 1 heterocycles. The van der Waals surface area contributed by atoms with Crippen LogP contribution in [0.15, 0.2) is 24.3 Å². The van der Waals surface area contributed by atoms with Crippen LogP contribution in [-0.2, 0) is 4.79 Å². The minimum atomic E-state index is -0.0865. The Hall–Kier alpha value is -1.59. The van der Waals surface area contributed by atoms with Gasteiger partial charge in [0.25, 0.3) is 0 Å². The lowest BCUT2D eigenvalue weighted by Gasteiger charge is -2.39. The number of amides is 1. The smallest absolute Gasteiger partial charge is 0.241 e. The van der Waals surface area contributed by atoms with Crippen molar-refractivity contribution in [2.45, 2.75) is 26.8 Å². The van der Waals surface area contributed by atoms with Crippen molar-refractivity contribution in [3.63, 3.8) is 0 Å². The quantitative estimate of drug-likeness (QED) is 0.815. The summed E-state index contributed by atoms with van der Waals surface area (Å²) < 4.78 is 0. The molecule has 1 unspecified atom stereocenters. The van der Waals surface area contributed by atoms with E-state index in [1.165, 1.54) is 0 Å². The Bertz CT molecular complexity index is 478. The maximum atomic E-state index is 12.7. The zero-order chi connectivity index (χ0) is 16.1. The summed E-state index contributed by atoms with van der Waals surface area (Å²) in [5.41, 5.74) is 7.19. The molecule has 0 saturated carbocycles. The van der Waals surface area contributed by atoms with Crippen LogP contribution in [0.4, 0.5) is 11.4 Å². The second-order valence-electron chi connectivity index (χ2n) is 6.27. The molecule has 2 rings (SSSR count). The lowest BCUT2D eigenvalue weighted by Crippen LogP contribution is -2.55. The van der Waals surface area contributed by atoms with E-state index in [4.69, 9.17) is 5.73 Å². The van der Waals surface area contributed by atoms with Gasteiger partial charge in [-0.2, -0.15) is 0 Å². The normalized spacial score (nSPS) is 18.4. The molecule has 0 aromatic heterocycles. The second-order valence-corrected chi connectivity index (χ2v) is 6.27. The molecule has 1 aliphatic rings. The van der Waals surface area contributed by atoms with E-state index in [1.807, 2.05) is 12.1 Å². The molecule has 0 aliphatic carbocycles. The van der Waals surface area contributed by atoms with Crippen LogP contribution in [0.2, 0.25) is 0 Å². The molecule has 122 valence electrons. The number of anilines is 2. The van der Waals surface area contributed by atoms with Crippen molar-refractivity contribution in [2.24, 2.45) is 5.92 Å². The van der Waals surface area contributed by atoms with Gasteiger partial charge in [-0.3, -0.25) is 9.69 Å². The highest BCUT2D eigenvalue weighted by molar-refractivity contribution is 5.95. The second kappa shape index (κ2) is 7.61. The van der Waals surface area contributed by atoms with E-state index >= 15 is 0 Å². The fourth-order valence-corrected chi connectivity index (χ4v) is 3.03. The average molecular weight is 304 g/mol. The van der Waals surface area contributed by atoms with Gasteiger partial charge >= 0.3 is 0 Å². The Balaban J connectivity index is 2.01. The molecule has 1 aromatic carbocycles. The zero-order valence-electron chi connectivity index (χ0n) is 13.9. The summed E-state index contributed by atoms with van der Waals surface area (Å²) in [6, 6.07) is 7.22. The highest BCUT2D eigenvalue weighted by Crippen LogP contribution is 2.17. The van der Waals surface area contributed by atoms with Crippen LogP contribution >= 0.6 is 0 Å². The number of benzene rings is 1. The molecule has 0 spiro atoms. The van der Waals surface area contributed by atoms with E-state index in [9.17, 15) is 4.79 Å². The topological polar surface area (TPSA) is 61.6 Å². The summed E-state index contributed by atoms with van der Waals surface area (Å²) in [6.07, 6.45) is 0. The van der Waals surface area contributed by atoms with Crippen molar-refractivity contribution in [3.05, 3.63) is 24.3 Å². The highest BCUT2D eigenvalue weighted by atomic mass is 16.2. The van der Waals surface area contributed by atoms with Crippen molar-refractivity contribution in [2.75, 3.05) is 43.8 Å². The number of nitrogens with two attached hydrogens (primary N) is 1. The maximum absolute atomic E-state index is 12.7. The minimum Gasteiger partial charge on any atom is -0.399 e. The highest BCUT2D eigenvalue weighted by Gasteiger charge is 2.31. The Labute approximate surface area is 133 Å². The van der Waals surface area contributed by atoms with Crippen LogP contribution in [0.3, 0.4) is 0 Å². The molecule has 1 fully saturated rings. The fourth-order valence-electron chi connectivity index (χ4n) is 3.03. The third kappa shape index (κ3) is 4.21. The molecule has 5 heteroatoms. The Morgan fingerprint density at radius 2 is 1.77 bits per heavy atom. The molecule has 0 bridgehead atoms. The van der Waals surface area contributed by atoms with Gasteiger partial charge in [0.05, 0.1) is 6.04 Å². The van der Waals surface area contributed by atoms with Crippen LogP contribution in [0.1, 0.15) is 20.8 Å². The number of hydrogen-bond acceptors (Lipinski definition) is 4. The summed E-state index contributed by atoms with van der Waals surface area (Å²) in [5.74, 6) is 0.353. The number of hydrogen-bond donors (Lipinski definition) is 2. The molecule has 1 aliphatic heterocycles. The van der Waals surface area contributed by atoms with Crippen LogP contribution in [0.25, 0.3) is 0 Å². The van der Waals surface area contributed by atoms with Crippen LogP contribution in [-0.4, -0.2) is 54.5 Å². The molecular formula is C17H28N4O. The first-order valence-electron chi connectivity index (χ1n) is 8.14. The predicted octanol–water partition coefficient (Wildman–Crippen LogP) is 1.87. The van der Waals surface area contributed by atoms with Gasteiger partial charge in [0.15, 0.2) is 0 Å². The Kier molecular flexibility index (Phi) is 5.80. The maximum Gasteiger partial charge on any atom is 0.241 e. The monoisotopic (exact) mass is 304 g/mol. The lowest BCUT2D eigenvalue weighted by atomic mass is 10.0. The summed E-state index contributed by atoms with van der Waals surface area (Å²) in [7, 11) is 0. The predicted molar refractivity (Wildman–Crippen MR) is 91.8 cm³/mol. The van der Waals surface area contributed by atoms with E-state index < -0.39 is 0 Å². The van der Waals surface area contributed by atoms with Crippen LogP contribution in [0.5, 0.6) is 0 Å². The fraction of sp³-hybridized carbons (Fsp3) is 0.588. The minimum absolute atomic E-state index is 0.0738. The first-order valence-corrected chi connectivity index (χ1v) is 8.14. The lowest BCUT2D eigenvalue weighted by molar-refractivity contribution is -0.123. The number of carbonyl (C=O) groups is 1. The van der Waals surface area contributed by atoms with E-state index in [0.717, 1.165) is 38.4 Å². The summed E-state index contributed by atoms with van der Waals surface area (Å²) in [6.45, 7) is 11.5.